The Morgan fingerprint density at radius 2 is 1.66 bits per heavy atom. The quantitative estimate of drug-likeness (QED) is 0.241. The lowest BCUT2D eigenvalue weighted by atomic mass is 9.95. The molecular weight excluding hydrogens is 516 g/mol. The summed E-state index contributed by atoms with van der Waals surface area (Å²) < 4.78 is 26.7. The number of benzene rings is 1. The number of piperidine rings is 1. The molecule has 0 amide bonds. The fraction of sp³-hybridized carbons (Fsp3) is 0.382. The van der Waals surface area contributed by atoms with Crippen molar-refractivity contribution >= 4 is 11.5 Å². The molecule has 1 N–H and O–H groups in total. The predicted molar refractivity (Wildman–Crippen MR) is 172 cm³/mol. The van der Waals surface area contributed by atoms with E-state index in [-0.39, 0.29) is 12.8 Å². The highest BCUT2D eigenvalue weighted by Crippen LogP contribution is 2.29. The molecule has 0 spiro atoms. The van der Waals surface area contributed by atoms with E-state index in [4.69, 9.17) is 0 Å². The van der Waals surface area contributed by atoms with E-state index in [0.29, 0.717) is 19.6 Å². The number of allylic oxidation sites excluding steroid dienone is 1. The van der Waals surface area contributed by atoms with Gasteiger partial charge in [0.15, 0.2) is 0 Å². The van der Waals surface area contributed by atoms with Crippen LogP contribution in [0.25, 0.3) is 11.1 Å². The van der Waals surface area contributed by atoms with Gasteiger partial charge in [-0.05, 0) is 66.8 Å². The van der Waals surface area contributed by atoms with Crippen molar-refractivity contribution in [2.75, 3.05) is 32.5 Å². The Hall–Kier alpha value is -3.71. The number of rotatable bonds is 6. The summed E-state index contributed by atoms with van der Waals surface area (Å²) in [4.78, 5) is 14.9. The van der Waals surface area contributed by atoms with Crippen molar-refractivity contribution in [3.63, 3.8) is 0 Å². The van der Waals surface area contributed by atoms with Gasteiger partial charge in [0.1, 0.15) is 5.82 Å². The minimum absolute atomic E-state index is 0.0680. The van der Waals surface area contributed by atoms with Crippen molar-refractivity contribution in [3.8, 4) is 11.1 Å². The van der Waals surface area contributed by atoms with Crippen LogP contribution in [-0.4, -0.2) is 53.7 Å². The summed E-state index contributed by atoms with van der Waals surface area (Å²) in [5.41, 5.74) is 8.33. The van der Waals surface area contributed by atoms with Gasteiger partial charge in [0, 0.05) is 76.3 Å². The fourth-order valence-corrected chi connectivity index (χ4v) is 4.24. The Labute approximate surface area is 246 Å². The largest absolute Gasteiger partial charge is 0.373 e. The molecule has 222 valence electrons. The first-order chi connectivity index (χ1) is 19.6. The number of anilines is 1. The van der Waals surface area contributed by atoms with E-state index in [9.17, 15) is 8.78 Å². The second kappa shape index (κ2) is 17.9. The Balaban J connectivity index is 0.000000541. The Bertz CT molecular complexity index is 1240. The summed E-state index contributed by atoms with van der Waals surface area (Å²) in [6.45, 7) is 21.6. The number of aromatic nitrogens is 2. The molecule has 2 aromatic heterocycles. The highest BCUT2D eigenvalue weighted by Gasteiger charge is 2.33. The van der Waals surface area contributed by atoms with Crippen molar-refractivity contribution in [1.29, 1.82) is 0 Å². The van der Waals surface area contributed by atoms with Crippen LogP contribution in [0.2, 0.25) is 0 Å². The minimum Gasteiger partial charge on any atom is -0.373 e. The molecule has 0 aliphatic carbocycles. The molecule has 5 nitrogen and oxygen atoms in total. The van der Waals surface area contributed by atoms with Crippen molar-refractivity contribution < 1.29 is 8.78 Å². The van der Waals surface area contributed by atoms with Crippen molar-refractivity contribution in [2.45, 2.75) is 59.9 Å². The zero-order valence-corrected chi connectivity index (χ0v) is 25.9. The molecule has 3 aromatic rings. The van der Waals surface area contributed by atoms with Gasteiger partial charge in [-0.2, -0.15) is 0 Å². The number of pyridine rings is 2. The molecule has 3 heterocycles. The van der Waals surface area contributed by atoms with Crippen LogP contribution in [0.15, 0.2) is 85.3 Å². The number of hydrogen-bond acceptors (Lipinski definition) is 5. The maximum atomic E-state index is 13.4. The standard InChI is InChI=1S/C23H27F2N3.C7H10N2.C2H6.C2H4/c1-16(2)22(26-4)21-12-19(6-5-17(21)3)20-11-18(13-27-14-20)15-28-9-7-23(24,25)8-10-28;1-6-3-4-7(8-2)9-5-6;2*1-2/h5-6,11-14H,1,7-10,15H2,2-4H3;3-5H,1-2H3,(H,8,9);1-2H3;1-2H2. The summed E-state index contributed by atoms with van der Waals surface area (Å²) in [5, 5.41) is 2.94. The first kappa shape index (κ1) is 35.3. The average Bonchev–Trinajstić information content (AvgIpc) is 2.98. The lowest BCUT2D eigenvalue weighted by Gasteiger charge is -2.31. The average molecular weight is 564 g/mol. The van der Waals surface area contributed by atoms with Gasteiger partial charge in [-0.15, -0.1) is 13.2 Å². The van der Waals surface area contributed by atoms with E-state index in [1.165, 1.54) is 5.56 Å². The number of nitrogens with one attached hydrogen (secondary N) is 1. The van der Waals surface area contributed by atoms with Crippen LogP contribution in [-0.2, 0) is 6.54 Å². The van der Waals surface area contributed by atoms with Crippen LogP contribution in [0.3, 0.4) is 0 Å². The van der Waals surface area contributed by atoms with Crippen molar-refractivity contribution in [2.24, 2.45) is 4.99 Å². The Morgan fingerprint density at radius 3 is 2.20 bits per heavy atom. The van der Waals surface area contributed by atoms with E-state index < -0.39 is 5.92 Å². The monoisotopic (exact) mass is 563 g/mol. The van der Waals surface area contributed by atoms with E-state index in [0.717, 1.165) is 44.9 Å². The van der Waals surface area contributed by atoms with Crippen molar-refractivity contribution in [3.05, 3.63) is 103 Å². The molecule has 0 unspecified atom stereocenters. The van der Waals surface area contributed by atoms with Crippen molar-refractivity contribution in [1.82, 2.24) is 14.9 Å². The number of aryl methyl sites for hydroxylation is 2. The normalized spacial score (nSPS) is 14.2. The highest BCUT2D eigenvalue weighted by atomic mass is 19.3. The molecule has 1 fully saturated rings. The number of alkyl halides is 2. The smallest absolute Gasteiger partial charge is 0.250 e. The van der Waals surface area contributed by atoms with Crippen LogP contribution >= 0.6 is 0 Å². The van der Waals surface area contributed by atoms with E-state index >= 15 is 0 Å². The van der Waals surface area contributed by atoms with Crippen LogP contribution in [0.5, 0.6) is 0 Å². The molecule has 0 atom stereocenters. The van der Waals surface area contributed by atoms with Gasteiger partial charge in [-0.3, -0.25) is 14.9 Å². The number of likely N-dealkylation sites (tertiary alicyclic amines) is 1. The minimum atomic E-state index is -2.52. The maximum absolute atomic E-state index is 13.4. The number of hydrogen-bond donors (Lipinski definition) is 1. The third kappa shape index (κ3) is 11.4. The highest BCUT2D eigenvalue weighted by molar-refractivity contribution is 6.13. The first-order valence-electron chi connectivity index (χ1n) is 14.0. The van der Waals surface area contributed by atoms with Gasteiger partial charge < -0.3 is 5.32 Å². The van der Waals surface area contributed by atoms with Crippen LogP contribution in [0.1, 0.15) is 55.9 Å². The predicted octanol–water partition coefficient (Wildman–Crippen LogP) is 8.54. The molecule has 4 rings (SSSR count). The van der Waals surface area contributed by atoms with Crippen LogP contribution < -0.4 is 5.32 Å². The fourth-order valence-electron chi connectivity index (χ4n) is 4.24. The molecule has 1 aromatic carbocycles. The lowest BCUT2D eigenvalue weighted by Crippen LogP contribution is -2.38. The molecule has 0 radical (unpaired) electrons. The van der Waals surface area contributed by atoms with Gasteiger partial charge in [-0.25, -0.2) is 13.8 Å². The number of halogens is 2. The third-order valence-corrected chi connectivity index (χ3v) is 6.41. The van der Waals surface area contributed by atoms with Gasteiger partial charge in [0.05, 0.1) is 5.71 Å². The topological polar surface area (TPSA) is 53.4 Å². The summed E-state index contributed by atoms with van der Waals surface area (Å²) in [5.74, 6) is -1.60. The second-order valence-corrected chi connectivity index (χ2v) is 9.57. The molecule has 1 aliphatic heterocycles. The molecule has 1 aliphatic rings. The summed E-state index contributed by atoms with van der Waals surface area (Å²) in [7, 11) is 3.64. The molecule has 0 bridgehead atoms. The molecule has 7 heteroatoms. The number of nitrogens with zero attached hydrogens (tertiary/aromatic N) is 4. The van der Waals surface area contributed by atoms with E-state index in [2.05, 4.69) is 76.1 Å². The summed E-state index contributed by atoms with van der Waals surface area (Å²) in [6.07, 6.45) is 5.36. The van der Waals surface area contributed by atoms with Crippen LogP contribution in [0, 0.1) is 13.8 Å². The Kier molecular flexibility index (Phi) is 15.4. The third-order valence-electron chi connectivity index (χ3n) is 6.41. The Morgan fingerprint density at radius 1 is 1.00 bits per heavy atom. The van der Waals surface area contributed by atoms with E-state index in [1.807, 2.05) is 65.5 Å². The van der Waals surface area contributed by atoms with Gasteiger partial charge in [0.25, 0.3) is 5.92 Å². The van der Waals surface area contributed by atoms with E-state index in [1.54, 1.807) is 7.05 Å². The molecule has 1 saturated heterocycles. The van der Waals surface area contributed by atoms with Gasteiger partial charge >= 0.3 is 0 Å². The van der Waals surface area contributed by atoms with Crippen LogP contribution in [0.4, 0.5) is 14.6 Å². The lowest BCUT2D eigenvalue weighted by molar-refractivity contribution is -0.0566. The van der Waals surface area contributed by atoms with Gasteiger partial charge in [0.2, 0.25) is 0 Å². The molecular formula is C34H47F2N5. The number of aliphatic imine (C=N–C) groups is 1. The first-order valence-corrected chi connectivity index (χ1v) is 14.0. The van der Waals surface area contributed by atoms with Gasteiger partial charge in [-0.1, -0.05) is 38.6 Å². The SMILES string of the molecule is C=C.C=C(C)C(=NC)c1cc(-c2cncc(CN3CCC(F)(F)CC3)c2)ccc1C.CC.CNc1ccc(C)cn1. The second-order valence-electron chi connectivity index (χ2n) is 9.57. The molecule has 0 saturated carbocycles. The maximum Gasteiger partial charge on any atom is 0.250 e. The summed E-state index contributed by atoms with van der Waals surface area (Å²) >= 11 is 0. The summed E-state index contributed by atoms with van der Waals surface area (Å²) in [6, 6.07) is 12.4. The molecule has 41 heavy (non-hydrogen) atoms. The zero-order chi connectivity index (χ0) is 31.0. The zero-order valence-electron chi connectivity index (χ0n) is 25.9.